The van der Waals surface area contributed by atoms with Crippen molar-refractivity contribution in [3.63, 3.8) is 0 Å². The summed E-state index contributed by atoms with van der Waals surface area (Å²) in [6.07, 6.45) is 4.46. The molecule has 4 nitrogen and oxygen atoms in total. The maximum atomic E-state index is 5.38. The molecule has 0 bridgehead atoms. The molecule has 0 saturated carbocycles. The molecule has 1 aliphatic heterocycles. The summed E-state index contributed by atoms with van der Waals surface area (Å²) in [6.45, 7) is 0.887. The number of furan rings is 1. The zero-order valence-electron chi connectivity index (χ0n) is 11.0. The van der Waals surface area contributed by atoms with Crippen LogP contribution in [0.25, 0.3) is 11.5 Å². The Labute approximate surface area is 116 Å². The summed E-state index contributed by atoms with van der Waals surface area (Å²) in [5.74, 6) is 1.78. The first-order valence-corrected chi connectivity index (χ1v) is 6.79. The van der Waals surface area contributed by atoms with Crippen molar-refractivity contribution in [2.75, 3.05) is 0 Å². The van der Waals surface area contributed by atoms with Crippen LogP contribution in [0, 0.1) is 0 Å². The van der Waals surface area contributed by atoms with Gasteiger partial charge in [-0.1, -0.05) is 24.3 Å². The zero-order valence-corrected chi connectivity index (χ0v) is 11.0. The fraction of sp³-hybridized carbons (Fsp3) is 0.188. The van der Waals surface area contributed by atoms with E-state index in [1.165, 1.54) is 11.1 Å². The fourth-order valence-corrected chi connectivity index (χ4v) is 2.72. The summed E-state index contributed by atoms with van der Waals surface area (Å²) in [5, 5.41) is 3.53. The van der Waals surface area contributed by atoms with Crippen LogP contribution in [0.5, 0.6) is 0 Å². The van der Waals surface area contributed by atoms with Crippen LogP contribution in [0.1, 0.15) is 23.0 Å². The molecule has 4 heteroatoms. The zero-order chi connectivity index (χ0) is 13.4. The first-order valence-electron chi connectivity index (χ1n) is 6.79. The summed E-state index contributed by atoms with van der Waals surface area (Å²) < 4.78 is 5.38. The van der Waals surface area contributed by atoms with Crippen molar-refractivity contribution < 1.29 is 4.42 Å². The number of imidazole rings is 1. The lowest BCUT2D eigenvalue weighted by molar-refractivity contribution is 0.479. The number of fused-ring (bicyclic) bond motifs is 1. The number of hydrogen-bond donors (Lipinski definition) is 2. The predicted molar refractivity (Wildman–Crippen MR) is 76.0 cm³/mol. The third-order valence-corrected chi connectivity index (χ3v) is 3.79. The van der Waals surface area contributed by atoms with Gasteiger partial charge in [0.15, 0.2) is 5.76 Å². The second kappa shape index (κ2) is 4.65. The lowest BCUT2D eigenvalue weighted by atomic mass is 9.96. The molecule has 0 radical (unpaired) electrons. The maximum absolute atomic E-state index is 5.38. The Balaban J connectivity index is 1.60. The standard InChI is InChI=1S/C16H15N3O/c1-2-5-12-9-17-13(8-11(12)4-1)16-18-10-14(19-16)15-6-3-7-20-15/h1-7,10,13,17H,8-9H2,(H,18,19). The summed E-state index contributed by atoms with van der Waals surface area (Å²) in [5.41, 5.74) is 3.69. The maximum Gasteiger partial charge on any atom is 0.151 e. The summed E-state index contributed by atoms with van der Waals surface area (Å²) >= 11 is 0. The van der Waals surface area contributed by atoms with Crippen LogP contribution in [-0.2, 0) is 13.0 Å². The van der Waals surface area contributed by atoms with Crippen LogP contribution < -0.4 is 5.32 Å². The van der Waals surface area contributed by atoms with Crippen LogP contribution in [0.2, 0.25) is 0 Å². The predicted octanol–water partition coefficient (Wildman–Crippen LogP) is 3.06. The molecular formula is C16H15N3O. The van der Waals surface area contributed by atoms with E-state index in [2.05, 4.69) is 39.6 Å². The Morgan fingerprint density at radius 1 is 1.10 bits per heavy atom. The van der Waals surface area contributed by atoms with E-state index in [-0.39, 0.29) is 6.04 Å². The third kappa shape index (κ3) is 1.94. The van der Waals surface area contributed by atoms with Crippen molar-refractivity contribution in [1.29, 1.82) is 0 Å². The van der Waals surface area contributed by atoms with E-state index in [1.807, 2.05) is 18.3 Å². The van der Waals surface area contributed by atoms with Crippen molar-refractivity contribution in [1.82, 2.24) is 15.3 Å². The molecule has 2 aromatic heterocycles. The van der Waals surface area contributed by atoms with Gasteiger partial charge in [0, 0.05) is 6.54 Å². The Morgan fingerprint density at radius 3 is 2.85 bits per heavy atom. The Morgan fingerprint density at radius 2 is 2.00 bits per heavy atom. The van der Waals surface area contributed by atoms with Gasteiger partial charge in [-0.05, 0) is 29.7 Å². The first-order chi connectivity index (χ1) is 9.90. The van der Waals surface area contributed by atoms with Crippen molar-refractivity contribution in [3.05, 3.63) is 65.8 Å². The smallest absolute Gasteiger partial charge is 0.151 e. The van der Waals surface area contributed by atoms with Crippen molar-refractivity contribution in [2.24, 2.45) is 0 Å². The van der Waals surface area contributed by atoms with Crippen molar-refractivity contribution in [2.45, 2.75) is 19.0 Å². The summed E-state index contributed by atoms with van der Waals surface area (Å²) in [7, 11) is 0. The number of rotatable bonds is 2. The molecule has 0 spiro atoms. The van der Waals surface area contributed by atoms with Crippen LogP contribution in [0.4, 0.5) is 0 Å². The number of nitrogens with one attached hydrogen (secondary N) is 2. The first kappa shape index (κ1) is 11.5. The molecule has 0 saturated heterocycles. The molecular weight excluding hydrogens is 250 g/mol. The van der Waals surface area contributed by atoms with E-state index in [1.54, 1.807) is 6.26 Å². The highest BCUT2D eigenvalue weighted by molar-refractivity contribution is 5.50. The molecule has 2 N–H and O–H groups in total. The number of benzene rings is 1. The molecule has 20 heavy (non-hydrogen) atoms. The van der Waals surface area contributed by atoms with E-state index >= 15 is 0 Å². The quantitative estimate of drug-likeness (QED) is 0.748. The number of aromatic amines is 1. The van der Waals surface area contributed by atoms with Gasteiger partial charge in [0.1, 0.15) is 11.5 Å². The molecule has 1 aliphatic rings. The Kier molecular flexibility index (Phi) is 2.67. The second-order valence-corrected chi connectivity index (χ2v) is 5.07. The van der Waals surface area contributed by atoms with E-state index < -0.39 is 0 Å². The lowest BCUT2D eigenvalue weighted by Crippen LogP contribution is -2.29. The van der Waals surface area contributed by atoms with E-state index in [0.717, 1.165) is 30.2 Å². The van der Waals surface area contributed by atoms with Gasteiger partial charge in [-0.3, -0.25) is 0 Å². The van der Waals surface area contributed by atoms with Gasteiger partial charge in [0.25, 0.3) is 0 Å². The van der Waals surface area contributed by atoms with E-state index in [4.69, 9.17) is 4.42 Å². The minimum absolute atomic E-state index is 0.230. The van der Waals surface area contributed by atoms with Crippen molar-refractivity contribution in [3.8, 4) is 11.5 Å². The Bertz CT molecular complexity index is 715. The molecule has 100 valence electrons. The average molecular weight is 265 g/mol. The van der Waals surface area contributed by atoms with Gasteiger partial charge >= 0.3 is 0 Å². The van der Waals surface area contributed by atoms with Crippen LogP contribution in [0.3, 0.4) is 0 Å². The molecule has 1 unspecified atom stereocenters. The second-order valence-electron chi connectivity index (χ2n) is 5.07. The van der Waals surface area contributed by atoms with Gasteiger partial charge in [-0.2, -0.15) is 0 Å². The fourth-order valence-electron chi connectivity index (χ4n) is 2.72. The SMILES string of the molecule is c1coc(-c2cnc(C3Cc4ccccc4CN3)[nH]2)c1. The third-order valence-electron chi connectivity index (χ3n) is 3.79. The monoisotopic (exact) mass is 265 g/mol. The molecule has 3 heterocycles. The topological polar surface area (TPSA) is 53.9 Å². The number of aromatic nitrogens is 2. The summed E-state index contributed by atoms with van der Waals surface area (Å²) in [4.78, 5) is 7.84. The van der Waals surface area contributed by atoms with Gasteiger partial charge in [0.05, 0.1) is 18.5 Å². The molecule has 4 rings (SSSR count). The Hall–Kier alpha value is -2.33. The molecule has 1 atom stereocenters. The van der Waals surface area contributed by atoms with Gasteiger partial charge in [-0.15, -0.1) is 0 Å². The highest BCUT2D eigenvalue weighted by Gasteiger charge is 2.21. The van der Waals surface area contributed by atoms with Gasteiger partial charge in [0.2, 0.25) is 0 Å². The van der Waals surface area contributed by atoms with Crippen molar-refractivity contribution >= 4 is 0 Å². The van der Waals surface area contributed by atoms with E-state index in [9.17, 15) is 0 Å². The van der Waals surface area contributed by atoms with E-state index in [0.29, 0.717) is 0 Å². The average Bonchev–Trinajstić information content (AvgIpc) is 3.17. The normalized spacial score (nSPS) is 17.9. The molecule has 0 aliphatic carbocycles. The van der Waals surface area contributed by atoms with Crippen LogP contribution in [-0.4, -0.2) is 9.97 Å². The lowest BCUT2D eigenvalue weighted by Gasteiger charge is -2.24. The number of H-pyrrole nitrogens is 1. The van der Waals surface area contributed by atoms with Crippen LogP contribution >= 0.6 is 0 Å². The molecule has 1 aromatic carbocycles. The summed E-state index contributed by atoms with van der Waals surface area (Å²) in [6, 6.07) is 12.6. The molecule has 3 aromatic rings. The van der Waals surface area contributed by atoms with Crippen LogP contribution in [0.15, 0.2) is 53.3 Å². The highest BCUT2D eigenvalue weighted by atomic mass is 16.3. The number of nitrogens with zero attached hydrogens (tertiary/aromatic N) is 1. The minimum atomic E-state index is 0.230. The highest BCUT2D eigenvalue weighted by Crippen LogP contribution is 2.26. The number of hydrogen-bond acceptors (Lipinski definition) is 3. The van der Waals surface area contributed by atoms with Gasteiger partial charge < -0.3 is 14.7 Å². The largest absolute Gasteiger partial charge is 0.463 e. The van der Waals surface area contributed by atoms with Gasteiger partial charge in [-0.25, -0.2) is 4.98 Å². The molecule has 0 fully saturated rings. The molecule has 0 amide bonds. The minimum Gasteiger partial charge on any atom is -0.463 e.